The maximum atomic E-state index is 13.5. The molecule has 0 radical (unpaired) electrons. The lowest BCUT2D eigenvalue weighted by atomic mass is 10.2. The smallest absolute Gasteiger partial charge is 0.341 e. The van der Waals surface area contributed by atoms with E-state index in [1.807, 2.05) is 0 Å². The summed E-state index contributed by atoms with van der Waals surface area (Å²) in [4.78, 5) is 34.7. The Bertz CT molecular complexity index is 826. The summed E-state index contributed by atoms with van der Waals surface area (Å²) in [6.07, 6.45) is 0. The Morgan fingerprint density at radius 2 is 1.76 bits per heavy atom. The average Bonchev–Trinajstić information content (AvgIpc) is 2.54. The molecular weight excluding hydrogens is 351 g/mol. The van der Waals surface area contributed by atoms with Crippen molar-refractivity contribution >= 4 is 40.8 Å². The molecule has 0 bridgehead atoms. The van der Waals surface area contributed by atoms with Crippen molar-refractivity contribution in [1.29, 1.82) is 0 Å². The molecular formula is C17H14ClFN2O4. The summed E-state index contributed by atoms with van der Waals surface area (Å²) in [5.74, 6) is -2.66. The van der Waals surface area contributed by atoms with E-state index in [4.69, 9.17) is 16.3 Å². The van der Waals surface area contributed by atoms with Gasteiger partial charge in [-0.05, 0) is 36.4 Å². The summed E-state index contributed by atoms with van der Waals surface area (Å²) < 4.78 is 18.3. The summed E-state index contributed by atoms with van der Waals surface area (Å²) in [6.45, 7) is 0.759. The fraction of sp³-hybridized carbons (Fsp3) is 0.118. The molecule has 0 saturated carbocycles. The molecule has 0 spiro atoms. The van der Waals surface area contributed by atoms with Gasteiger partial charge in [0.15, 0.2) is 6.61 Å². The number of esters is 1. The van der Waals surface area contributed by atoms with Gasteiger partial charge in [0.2, 0.25) is 5.91 Å². The Kier molecular flexibility index (Phi) is 6.08. The van der Waals surface area contributed by atoms with Crippen molar-refractivity contribution in [2.24, 2.45) is 0 Å². The highest BCUT2D eigenvalue weighted by atomic mass is 35.5. The molecule has 2 N–H and O–H groups in total. The quantitative estimate of drug-likeness (QED) is 0.798. The minimum atomic E-state index is -0.998. The molecule has 0 saturated heterocycles. The van der Waals surface area contributed by atoms with Gasteiger partial charge in [-0.15, -0.1) is 0 Å². The largest absolute Gasteiger partial charge is 0.452 e. The predicted molar refractivity (Wildman–Crippen MR) is 91.1 cm³/mol. The Hall–Kier alpha value is -2.93. The molecule has 0 atom stereocenters. The van der Waals surface area contributed by atoms with E-state index in [1.54, 1.807) is 18.2 Å². The molecule has 0 unspecified atom stereocenters. The number of carbonyl (C=O) groups is 3. The van der Waals surface area contributed by atoms with Crippen LogP contribution in [0.4, 0.5) is 15.8 Å². The van der Waals surface area contributed by atoms with Crippen LogP contribution in [-0.4, -0.2) is 24.4 Å². The molecule has 0 aliphatic carbocycles. The lowest BCUT2D eigenvalue weighted by Gasteiger charge is -2.09. The van der Waals surface area contributed by atoms with Gasteiger partial charge in [-0.2, -0.15) is 0 Å². The van der Waals surface area contributed by atoms with Gasteiger partial charge in [0.05, 0.1) is 5.56 Å². The van der Waals surface area contributed by atoms with E-state index in [2.05, 4.69) is 10.6 Å². The van der Waals surface area contributed by atoms with Crippen LogP contribution in [0.15, 0.2) is 42.5 Å². The van der Waals surface area contributed by atoms with Crippen LogP contribution in [-0.2, 0) is 14.3 Å². The molecule has 0 aliphatic rings. The SMILES string of the molecule is CC(=O)Nc1cccc(NC(=O)COC(=O)c2cc(Cl)ccc2F)c1. The van der Waals surface area contributed by atoms with Gasteiger partial charge in [0.25, 0.3) is 5.91 Å². The highest BCUT2D eigenvalue weighted by Crippen LogP contribution is 2.17. The molecule has 0 aliphatic heterocycles. The van der Waals surface area contributed by atoms with E-state index in [9.17, 15) is 18.8 Å². The zero-order valence-corrected chi connectivity index (χ0v) is 13.9. The van der Waals surface area contributed by atoms with E-state index in [-0.39, 0.29) is 16.5 Å². The molecule has 0 fully saturated rings. The fourth-order valence-electron chi connectivity index (χ4n) is 1.94. The number of nitrogens with one attached hydrogen (secondary N) is 2. The minimum absolute atomic E-state index is 0.174. The molecule has 25 heavy (non-hydrogen) atoms. The summed E-state index contributed by atoms with van der Waals surface area (Å²) in [7, 11) is 0. The Morgan fingerprint density at radius 1 is 1.08 bits per heavy atom. The third kappa shape index (κ3) is 5.58. The first-order valence-corrected chi connectivity index (χ1v) is 7.52. The normalized spacial score (nSPS) is 10.0. The second-order valence-corrected chi connectivity index (χ2v) is 5.45. The van der Waals surface area contributed by atoms with Gasteiger partial charge < -0.3 is 15.4 Å². The summed E-state index contributed by atoms with van der Waals surface area (Å²) in [5.41, 5.74) is 0.553. The van der Waals surface area contributed by atoms with E-state index in [1.165, 1.54) is 19.1 Å². The topological polar surface area (TPSA) is 84.5 Å². The monoisotopic (exact) mass is 364 g/mol. The standard InChI is InChI=1S/C17H14ClFN2O4/c1-10(22)20-12-3-2-4-13(8-12)21-16(23)9-25-17(24)14-7-11(18)5-6-15(14)19/h2-8H,9H2,1H3,(H,20,22)(H,21,23). The van der Waals surface area contributed by atoms with E-state index >= 15 is 0 Å². The van der Waals surface area contributed by atoms with Gasteiger partial charge >= 0.3 is 5.97 Å². The highest BCUT2D eigenvalue weighted by molar-refractivity contribution is 6.30. The first-order valence-electron chi connectivity index (χ1n) is 7.15. The van der Waals surface area contributed by atoms with Crippen molar-refractivity contribution in [3.05, 3.63) is 58.9 Å². The molecule has 130 valence electrons. The van der Waals surface area contributed by atoms with Crippen LogP contribution in [0.5, 0.6) is 0 Å². The Morgan fingerprint density at radius 3 is 2.44 bits per heavy atom. The second-order valence-electron chi connectivity index (χ2n) is 5.01. The lowest BCUT2D eigenvalue weighted by Crippen LogP contribution is -2.21. The van der Waals surface area contributed by atoms with Gasteiger partial charge in [-0.3, -0.25) is 9.59 Å². The van der Waals surface area contributed by atoms with Crippen LogP contribution in [0.2, 0.25) is 5.02 Å². The maximum absolute atomic E-state index is 13.5. The van der Waals surface area contributed by atoms with Crippen molar-refractivity contribution in [1.82, 2.24) is 0 Å². The summed E-state index contributed by atoms with van der Waals surface area (Å²) >= 11 is 5.70. The number of anilines is 2. The van der Waals surface area contributed by atoms with E-state index < -0.39 is 24.3 Å². The van der Waals surface area contributed by atoms with Crippen LogP contribution in [0.1, 0.15) is 17.3 Å². The van der Waals surface area contributed by atoms with Crippen molar-refractivity contribution < 1.29 is 23.5 Å². The predicted octanol–water partition coefficient (Wildman–Crippen LogP) is 3.23. The molecule has 6 nitrogen and oxygen atoms in total. The lowest BCUT2D eigenvalue weighted by molar-refractivity contribution is -0.119. The first-order chi connectivity index (χ1) is 11.8. The summed E-state index contributed by atoms with van der Waals surface area (Å²) in [5, 5.41) is 5.25. The first kappa shape index (κ1) is 18.4. The summed E-state index contributed by atoms with van der Waals surface area (Å²) in [6, 6.07) is 9.87. The van der Waals surface area contributed by atoms with E-state index in [0.717, 1.165) is 12.1 Å². The van der Waals surface area contributed by atoms with E-state index in [0.29, 0.717) is 11.4 Å². The van der Waals surface area contributed by atoms with Crippen LogP contribution in [0.25, 0.3) is 0 Å². The van der Waals surface area contributed by atoms with Gasteiger partial charge in [-0.25, -0.2) is 9.18 Å². The molecule has 2 aromatic rings. The van der Waals surface area contributed by atoms with Crippen LogP contribution < -0.4 is 10.6 Å². The molecule has 0 heterocycles. The van der Waals surface area contributed by atoms with Crippen LogP contribution >= 0.6 is 11.6 Å². The van der Waals surface area contributed by atoms with Crippen LogP contribution in [0.3, 0.4) is 0 Å². The number of rotatable bonds is 5. The zero-order valence-electron chi connectivity index (χ0n) is 13.1. The van der Waals surface area contributed by atoms with Crippen molar-refractivity contribution in [2.75, 3.05) is 17.2 Å². The van der Waals surface area contributed by atoms with Crippen molar-refractivity contribution in [3.63, 3.8) is 0 Å². The third-order valence-electron chi connectivity index (χ3n) is 2.95. The number of amides is 2. The number of ether oxygens (including phenoxy) is 1. The molecule has 2 rings (SSSR count). The Labute approximate surface area is 147 Å². The molecule has 0 aromatic heterocycles. The highest BCUT2D eigenvalue weighted by Gasteiger charge is 2.15. The number of halogens is 2. The minimum Gasteiger partial charge on any atom is -0.452 e. The molecule has 2 amide bonds. The molecule has 2 aromatic carbocycles. The van der Waals surface area contributed by atoms with Crippen LogP contribution in [0, 0.1) is 5.82 Å². The molecule has 8 heteroatoms. The fourth-order valence-corrected chi connectivity index (χ4v) is 2.11. The average molecular weight is 365 g/mol. The number of carbonyl (C=O) groups excluding carboxylic acids is 3. The third-order valence-corrected chi connectivity index (χ3v) is 3.18. The second kappa shape index (κ2) is 8.25. The Balaban J connectivity index is 1.93. The van der Waals surface area contributed by atoms with Gasteiger partial charge in [0, 0.05) is 23.3 Å². The zero-order chi connectivity index (χ0) is 18.4. The van der Waals surface area contributed by atoms with Crippen molar-refractivity contribution in [2.45, 2.75) is 6.92 Å². The maximum Gasteiger partial charge on any atom is 0.341 e. The van der Waals surface area contributed by atoms with Gasteiger partial charge in [-0.1, -0.05) is 17.7 Å². The van der Waals surface area contributed by atoms with Gasteiger partial charge in [0.1, 0.15) is 5.82 Å². The van der Waals surface area contributed by atoms with Crippen molar-refractivity contribution in [3.8, 4) is 0 Å². The number of hydrogen-bond acceptors (Lipinski definition) is 4. The number of benzene rings is 2. The number of hydrogen-bond donors (Lipinski definition) is 2.